The molecule has 0 aliphatic carbocycles. The van der Waals surface area contributed by atoms with Crippen molar-refractivity contribution in [3.8, 4) is 11.1 Å². The molecule has 4 heteroatoms. The first-order valence-electron chi connectivity index (χ1n) is 10.3. The van der Waals surface area contributed by atoms with Crippen LogP contribution in [0.2, 0.25) is 0 Å². The second-order valence-electron chi connectivity index (χ2n) is 7.94. The van der Waals surface area contributed by atoms with Crippen molar-refractivity contribution in [2.45, 2.75) is 32.5 Å². The van der Waals surface area contributed by atoms with Crippen LogP contribution in [0.1, 0.15) is 37.5 Å². The van der Waals surface area contributed by atoms with Crippen molar-refractivity contribution in [2.75, 3.05) is 7.11 Å². The average Bonchev–Trinajstić information content (AvgIpc) is 2.77. The van der Waals surface area contributed by atoms with Crippen LogP contribution in [0.3, 0.4) is 0 Å². The molecule has 1 heterocycles. The Morgan fingerprint density at radius 3 is 2.00 bits per heavy atom. The van der Waals surface area contributed by atoms with Gasteiger partial charge in [0, 0.05) is 12.1 Å². The van der Waals surface area contributed by atoms with Crippen molar-refractivity contribution >= 4 is 5.97 Å². The zero-order chi connectivity index (χ0) is 21.5. The maximum Gasteiger partial charge on any atom is 0.335 e. The smallest absolute Gasteiger partial charge is 0.335 e. The number of ether oxygens (including phenoxy) is 2. The van der Waals surface area contributed by atoms with Gasteiger partial charge in [0.25, 0.3) is 0 Å². The fourth-order valence-electron chi connectivity index (χ4n) is 3.45. The first kappa shape index (κ1) is 21.7. The summed E-state index contributed by atoms with van der Waals surface area (Å²) in [6.07, 6.45) is 3.71. The Balaban J connectivity index is 1.92. The number of esters is 1. The van der Waals surface area contributed by atoms with E-state index in [0.29, 0.717) is 12.3 Å². The standard InChI is InChI=1S/C26H30NO3/c1-19(2)18-24(26(28)29-4)30-25(22-8-6-5-7-9-22)23-12-10-20(11-13-23)21-14-16-27(3)17-15-21/h5-17,19,24-25H,18H2,1-4H3/q+1/t24-,25+/m0/s1. The second-order valence-corrected chi connectivity index (χ2v) is 7.94. The molecule has 0 bridgehead atoms. The van der Waals surface area contributed by atoms with Crippen molar-refractivity contribution in [3.05, 3.63) is 90.3 Å². The van der Waals surface area contributed by atoms with Gasteiger partial charge in [-0.05, 0) is 34.6 Å². The van der Waals surface area contributed by atoms with E-state index >= 15 is 0 Å². The van der Waals surface area contributed by atoms with Crippen LogP contribution in [0.4, 0.5) is 0 Å². The van der Waals surface area contributed by atoms with Crippen LogP contribution in [0, 0.1) is 5.92 Å². The SMILES string of the molecule is COC(=O)[C@H](CC(C)C)O[C@H](c1ccccc1)c1ccc(-c2cc[n+](C)cc2)cc1. The van der Waals surface area contributed by atoms with Crippen LogP contribution in [0.15, 0.2) is 79.1 Å². The van der Waals surface area contributed by atoms with Gasteiger partial charge in [0.05, 0.1) is 7.11 Å². The number of aromatic nitrogens is 1. The molecule has 0 radical (unpaired) electrons. The van der Waals surface area contributed by atoms with E-state index in [2.05, 4.69) is 50.2 Å². The Morgan fingerprint density at radius 2 is 1.43 bits per heavy atom. The molecule has 3 rings (SSSR count). The molecule has 0 saturated carbocycles. The highest BCUT2D eigenvalue weighted by Crippen LogP contribution is 2.31. The predicted octanol–water partition coefficient (Wildman–Crippen LogP) is 4.87. The molecule has 2 aromatic carbocycles. The summed E-state index contributed by atoms with van der Waals surface area (Å²) in [4.78, 5) is 12.4. The third-order valence-electron chi connectivity index (χ3n) is 5.08. The number of carbonyl (C=O) groups is 1. The van der Waals surface area contributed by atoms with Crippen molar-refractivity contribution in [1.29, 1.82) is 0 Å². The molecule has 0 saturated heterocycles. The molecule has 0 N–H and O–H groups in total. The maximum absolute atomic E-state index is 12.4. The minimum absolute atomic E-state index is 0.312. The Bertz CT molecular complexity index is 934. The number of rotatable bonds is 8. The third-order valence-corrected chi connectivity index (χ3v) is 5.08. The summed E-state index contributed by atoms with van der Waals surface area (Å²) in [6.45, 7) is 4.15. The van der Waals surface area contributed by atoms with Gasteiger partial charge in [-0.3, -0.25) is 0 Å². The Hall–Kier alpha value is -2.98. The van der Waals surface area contributed by atoms with Gasteiger partial charge in [-0.1, -0.05) is 68.4 Å². The second kappa shape index (κ2) is 10.2. The van der Waals surface area contributed by atoms with Crippen molar-refractivity contribution in [2.24, 2.45) is 13.0 Å². The Kier molecular flexibility index (Phi) is 7.36. The molecule has 0 unspecified atom stereocenters. The predicted molar refractivity (Wildman–Crippen MR) is 118 cm³/mol. The number of hydrogen-bond donors (Lipinski definition) is 0. The van der Waals surface area contributed by atoms with Crippen LogP contribution in [-0.4, -0.2) is 19.2 Å². The van der Waals surface area contributed by atoms with Gasteiger partial charge in [0.2, 0.25) is 0 Å². The molecule has 156 valence electrons. The Labute approximate surface area is 179 Å². The van der Waals surface area contributed by atoms with E-state index in [-0.39, 0.29) is 12.1 Å². The lowest BCUT2D eigenvalue weighted by Crippen LogP contribution is -2.29. The van der Waals surface area contributed by atoms with Gasteiger partial charge in [-0.15, -0.1) is 0 Å². The average molecular weight is 405 g/mol. The van der Waals surface area contributed by atoms with E-state index in [1.165, 1.54) is 7.11 Å². The molecule has 0 aliphatic heterocycles. The molecule has 0 aliphatic rings. The summed E-state index contributed by atoms with van der Waals surface area (Å²) in [5.41, 5.74) is 4.31. The monoisotopic (exact) mass is 404 g/mol. The summed E-state index contributed by atoms with van der Waals surface area (Å²) in [7, 11) is 3.41. The minimum atomic E-state index is -0.617. The number of benzene rings is 2. The van der Waals surface area contributed by atoms with Crippen LogP contribution >= 0.6 is 0 Å². The molecule has 0 fully saturated rings. The van der Waals surface area contributed by atoms with E-state index in [9.17, 15) is 4.79 Å². The molecule has 4 nitrogen and oxygen atoms in total. The van der Waals surface area contributed by atoms with Gasteiger partial charge in [0.15, 0.2) is 18.5 Å². The number of methoxy groups -OCH3 is 1. The molecule has 0 amide bonds. The zero-order valence-electron chi connectivity index (χ0n) is 18.1. The summed E-state index contributed by atoms with van der Waals surface area (Å²) in [6, 6.07) is 22.5. The third kappa shape index (κ3) is 5.55. The molecular weight excluding hydrogens is 374 g/mol. The molecule has 1 aromatic heterocycles. The summed E-state index contributed by atoms with van der Waals surface area (Å²) < 4.78 is 13.4. The molecular formula is C26H30NO3+. The van der Waals surface area contributed by atoms with Gasteiger partial charge < -0.3 is 9.47 Å². The lowest BCUT2D eigenvalue weighted by atomic mass is 9.97. The topological polar surface area (TPSA) is 39.4 Å². The molecule has 0 spiro atoms. The molecule has 2 atom stereocenters. The Morgan fingerprint density at radius 1 is 0.867 bits per heavy atom. The summed E-state index contributed by atoms with van der Waals surface area (Å²) >= 11 is 0. The number of hydrogen-bond acceptors (Lipinski definition) is 3. The lowest BCUT2D eigenvalue weighted by Gasteiger charge is -2.25. The van der Waals surface area contributed by atoms with E-state index in [0.717, 1.165) is 22.3 Å². The van der Waals surface area contributed by atoms with E-state index < -0.39 is 6.10 Å². The van der Waals surface area contributed by atoms with Gasteiger partial charge >= 0.3 is 5.97 Å². The van der Waals surface area contributed by atoms with Gasteiger partial charge in [-0.25, -0.2) is 9.36 Å². The quantitative estimate of drug-likeness (QED) is 0.397. The van der Waals surface area contributed by atoms with Gasteiger partial charge in [-0.2, -0.15) is 0 Å². The fourth-order valence-corrected chi connectivity index (χ4v) is 3.45. The number of nitrogens with zero attached hydrogens (tertiary/aromatic N) is 1. The van der Waals surface area contributed by atoms with E-state index in [1.54, 1.807) is 0 Å². The number of carbonyl (C=O) groups excluding carboxylic acids is 1. The van der Waals surface area contributed by atoms with E-state index in [1.807, 2.05) is 54.3 Å². The van der Waals surface area contributed by atoms with Crippen LogP contribution in [-0.2, 0) is 21.3 Å². The summed E-state index contributed by atoms with van der Waals surface area (Å²) in [5, 5.41) is 0. The van der Waals surface area contributed by atoms with Crippen molar-refractivity contribution < 1.29 is 18.8 Å². The molecule has 30 heavy (non-hydrogen) atoms. The van der Waals surface area contributed by atoms with Crippen molar-refractivity contribution in [1.82, 2.24) is 0 Å². The van der Waals surface area contributed by atoms with Crippen LogP contribution in [0.25, 0.3) is 11.1 Å². The lowest BCUT2D eigenvalue weighted by molar-refractivity contribution is -0.671. The zero-order valence-corrected chi connectivity index (χ0v) is 18.1. The fraction of sp³-hybridized carbons (Fsp3) is 0.308. The summed E-state index contributed by atoms with van der Waals surface area (Å²) in [5.74, 6) is -0.0225. The number of pyridine rings is 1. The first-order valence-corrected chi connectivity index (χ1v) is 10.3. The van der Waals surface area contributed by atoms with Crippen molar-refractivity contribution in [3.63, 3.8) is 0 Å². The highest BCUT2D eigenvalue weighted by Gasteiger charge is 2.27. The van der Waals surface area contributed by atoms with Gasteiger partial charge in [0.1, 0.15) is 13.2 Å². The minimum Gasteiger partial charge on any atom is -0.467 e. The van der Waals surface area contributed by atoms with E-state index in [4.69, 9.17) is 9.47 Å². The van der Waals surface area contributed by atoms with Crippen LogP contribution < -0.4 is 4.57 Å². The maximum atomic E-state index is 12.4. The van der Waals surface area contributed by atoms with Crippen LogP contribution in [0.5, 0.6) is 0 Å². The highest BCUT2D eigenvalue weighted by atomic mass is 16.6. The largest absolute Gasteiger partial charge is 0.467 e. The normalized spacial score (nSPS) is 13.1. The molecule has 3 aromatic rings. The highest BCUT2D eigenvalue weighted by molar-refractivity contribution is 5.74. The first-order chi connectivity index (χ1) is 14.5. The number of aryl methyl sites for hydroxylation is 1.